The molecule has 180 valence electrons. The number of anilines is 1. The second-order valence-electron chi connectivity index (χ2n) is 8.12. The quantitative estimate of drug-likeness (QED) is 0.322. The van der Waals surface area contributed by atoms with Crippen molar-refractivity contribution in [3.63, 3.8) is 0 Å². The molecule has 0 aliphatic carbocycles. The van der Waals surface area contributed by atoms with Crippen LogP contribution in [0, 0.1) is 5.41 Å². The fraction of sp³-hybridized carbons (Fsp3) is 0.435. The van der Waals surface area contributed by atoms with Gasteiger partial charge in [0.15, 0.2) is 6.29 Å². The number of benzene rings is 1. The van der Waals surface area contributed by atoms with Crippen LogP contribution in [0.25, 0.3) is 0 Å². The van der Waals surface area contributed by atoms with Crippen LogP contribution in [-0.2, 0) is 10.8 Å². The number of alkyl halides is 1. The molecule has 3 rings (SSSR count). The largest absolute Gasteiger partial charge is 0.461 e. The number of rotatable bonds is 9. The van der Waals surface area contributed by atoms with E-state index in [-0.39, 0.29) is 17.8 Å². The van der Waals surface area contributed by atoms with Gasteiger partial charge < -0.3 is 20.5 Å². The Bertz CT molecular complexity index is 992. The highest BCUT2D eigenvalue weighted by Crippen LogP contribution is 2.22. The van der Waals surface area contributed by atoms with E-state index >= 15 is 0 Å². The smallest absolute Gasteiger partial charge is 0.235 e. The van der Waals surface area contributed by atoms with Gasteiger partial charge in [-0.25, -0.2) is 4.39 Å². The van der Waals surface area contributed by atoms with Crippen LogP contribution in [0.4, 0.5) is 10.1 Å². The number of nitrogens with one attached hydrogen (secondary N) is 3. The van der Waals surface area contributed by atoms with E-state index in [2.05, 4.69) is 22.5 Å². The fourth-order valence-electron chi connectivity index (χ4n) is 3.00. The lowest BCUT2D eigenvalue weighted by atomic mass is 10.0. The molecule has 0 radical (unpaired) electrons. The Morgan fingerprint density at radius 2 is 2.09 bits per heavy atom. The molecule has 2 atom stereocenters. The average molecular weight is 479 g/mol. The number of carbonyl (C=O) groups is 1. The molecule has 0 amide bonds. The molecule has 1 aromatic carbocycles. The minimum Gasteiger partial charge on any atom is -0.461 e. The van der Waals surface area contributed by atoms with E-state index in [1.807, 2.05) is 7.05 Å². The number of aromatic nitrogens is 1. The second-order valence-corrected chi connectivity index (χ2v) is 9.57. The number of ether oxygens (including phenoxy) is 1. The zero-order valence-corrected chi connectivity index (χ0v) is 20.0. The minimum absolute atomic E-state index is 0.0857. The summed E-state index contributed by atoms with van der Waals surface area (Å²) in [6.45, 7) is 5.23. The number of hydrogen-bond donors (Lipinski definition) is 4. The summed E-state index contributed by atoms with van der Waals surface area (Å²) in [5.74, 6) is 1.95. The van der Waals surface area contributed by atoms with Gasteiger partial charge in [0.05, 0.1) is 17.5 Å². The minimum atomic E-state index is -1.46. The van der Waals surface area contributed by atoms with Gasteiger partial charge in [-0.15, -0.1) is 0 Å². The number of hydrogen-bond acceptors (Lipinski definition) is 8. The van der Waals surface area contributed by atoms with E-state index in [0.717, 1.165) is 11.5 Å². The molecular formula is C23H31FN4O4S. The molecular weight excluding hydrogens is 447 g/mol. The van der Waals surface area contributed by atoms with Crippen molar-refractivity contribution in [1.82, 2.24) is 10.3 Å². The highest BCUT2D eigenvalue weighted by molar-refractivity contribution is 7.86. The summed E-state index contributed by atoms with van der Waals surface area (Å²) in [6, 6.07) is 8.06. The average Bonchev–Trinajstić information content (AvgIpc) is 2.76. The predicted octanol–water partition coefficient (Wildman–Crippen LogP) is 2.52. The SMILES string of the molecule is CC(O)CNc1cc(C=O)cnc1C(=N)c1cccc(OC(C)F)c1.CNC1(C)CS(=O)C1. The van der Waals surface area contributed by atoms with Gasteiger partial charge in [0.2, 0.25) is 6.36 Å². The van der Waals surface area contributed by atoms with Crippen LogP contribution in [0.5, 0.6) is 5.75 Å². The van der Waals surface area contributed by atoms with Gasteiger partial charge in [0, 0.05) is 58.6 Å². The fourth-order valence-corrected chi connectivity index (χ4v) is 4.62. The lowest BCUT2D eigenvalue weighted by Crippen LogP contribution is -2.58. The topological polar surface area (TPSA) is 124 Å². The summed E-state index contributed by atoms with van der Waals surface area (Å²) in [4.78, 5) is 15.2. The highest BCUT2D eigenvalue weighted by atomic mass is 32.2. The van der Waals surface area contributed by atoms with Gasteiger partial charge in [-0.1, -0.05) is 12.1 Å². The van der Waals surface area contributed by atoms with Crippen LogP contribution in [0.1, 0.15) is 42.4 Å². The van der Waals surface area contributed by atoms with E-state index in [1.165, 1.54) is 13.1 Å². The molecule has 1 aliphatic heterocycles. The summed E-state index contributed by atoms with van der Waals surface area (Å²) >= 11 is 0. The van der Waals surface area contributed by atoms with Crippen molar-refractivity contribution in [2.45, 2.75) is 38.8 Å². The first-order valence-corrected chi connectivity index (χ1v) is 12.0. The maximum absolute atomic E-state index is 13.0. The van der Waals surface area contributed by atoms with Gasteiger partial charge in [-0.3, -0.25) is 19.4 Å². The molecule has 1 saturated heterocycles. The van der Waals surface area contributed by atoms with Gasteiger partial charge >= 0.3 is 0 Å². The van der Waals surface area contributed by atoms with Crippen LogP contribution < -0.4 is 15.4 Å². The van der Waals surface area contributed by atoms with Crippen molar-refractivity contribution in [2.24, 2.45) is 0 Å². The zero-order chi connectivity index (χ0) is 24.6. The number of carbonyl (C=O) groups excluding carboxylic acids is 1. The summed E-state index contributed by atoms with van der Waals surface area (Å²) in [6.07, 6.45) is -0.0400. The van der Waals surface area contributed by atoms with E-state index in [9.17, 15) is 18.5 Å². The van der Waals surface area contributed by atoms with E-state index < -0.39 is 23.3 Å². The van der Waals surface area contributed by atoms with Crippen molar-refractivity contribution in [1.29, 1.82) is 5.41 Å². The number of nitrogens with zero attached hydrogens (tertiary/aromatic N) is 1. The lowest BCUT2D eigenvalue weighted by molar-refractivity contribution is 0.0860. The van der Waals surface area contributed by atoms with Gasteiger partial charge in [0.25, 0.3) is 0 Å². The summed E-state index contributed by atoms with van der Waals surface area (Å²) < 4.78 is 28.6. The van der Waals surface area contributed by atoms with Crippen molar-refractivity contribution < 1.29 is 23.2 Å². The van der Waals surface area contributed by atoms with Gasteiger partial charge in [-0.05, 0) is 39.1 Å². The Hall–Kier alpha value is -2.69. The summed E-state index contributed by atoms with van der Waals surface area (Å²) in [7, 11) is 1.39. The standard InChI is InChI=1S/C18H20FN3O3.C5H11NOS/c1-11(24)8-21-16-6-13(10-23)9-22-18(16)17(20)14-4-3-5-15(7-14)25-12(2)19;1-5(6-2)3-8(7)4-5/h3-7,9-12,20-21,24H,8H2,1-2H3;6H,3-4H2,1-2H3. The molecule has 1 aromatic heterocycles. The van der Waals surface area contributed by atoms with Crippen molar-refractivity contribution >= 4 is 28.5 Å². The van der Waals surface area contributed by atoms with Crippen molar-refractivity contribution in [3.8, 4) is 5.75 Å². The molecule has 0 bridgehead atoms. The maximum atomic E-state index is 13.0. The van der Waals surface area contributed by atoms with Crippen LogP contribution in [0.2, 0.25) is 0 Å². The highest BCUT2D eigenvalue weighted by Gasteiger charge is 2.36. The van der Waals surface area contributed by atoms with E-state index in [4.69, 9.17) is 10.1 Å². The first-order chi connectivity index (χ1) is 15.6. The third-order valence-corrected chi connectivity index (χ3v) is 6.77. The predicted molar refractivity (Wildman–Crippen MR) is 129 cm³/mol. The molecule has 10 heteroatoms. The Balaban J connectivity index is 0.000000405. The van der Waals surface area contributed by atoms with Crippen LogP contribution >= 0.6 is 0 Å². The van der Waals surface area contributed by atoms with E-state index in [1.54, 1.807) is 37.3 Å². The first-order valence-electron chi connectivity index (χ1n) is 10.5. The molecule has 2 heterocycles. The summed E-state index contributed by atoms with van der Waals surface area (Å²) in [5, 5.41) is 23.9. The van der Waals surface area contributed by atoms with Crippen LogP contribution in [0.15, 0.2) is 36.5 Å². The Kier molecular flexibility index (Phi) is 9.63. The number of aliphatic hydroxyl groups is 1. The third-order valence-electron chi connectivity index (χ3n) is 4.85. The van der Waals surface area contributed by atoms with Crippen molar-refractivity contribution in [3.05, 3.63) is 53.3 Å². The van der Waals surface area contributed by atoms with Crippen LogP contribution in [-0.4, -0.2) is 69.4 Å². The van der Waals surface area contributed by atoms with Gasteiger partial charge in [0.1, 0.15) is 11.4 Å². The molecule has 8 nitrogen and oxygen atoms in total. The van der Waals surface area contributed by atoms with E-state index in [0.29, 0.717) is 34.5 Å². The summed E-state index contributed by atoms with van der Waals surface area (Å²) in [5.41, 5.74) is 1.89. The van der Waals surface area contributed by atoms with Crippen molar-refractivity contribution in [2.75, 3.05) is 30.4 Å². The Labute approximate surface area is 195 Å². The van der Waals surface area contributed by atoms with Crippen LogP contribution in [0.3, 0.4) is 0 Å². The second kappa shape index (κ2) is 12.0. The number of aliphatic hydroxyl groups excluding tert-OH is 1. The van der Waals surface area contributed by atoms with Gasteiger partial charge in [-0.2, -0.15) is 0 Å². The molecule has 4 N–H and O–H groups in total. The molecule has 1 aliphatic rings. The number of aldehydes is 1. The molecule has 2 unspecified atom stereocenters. The molecule has 0 saturated carbocycles. The Morgan fingerprint density at radius 1 is 1.39 bits per heavy atom. The lowest BCUT2D eigenvalue weighted by Gasteiger charge is -2.36. The zero-order valence-electron chi connectivity index (χ0n) is 19.2. The Morgan fingerprint density at radius 3 is 2.61 bits per heavy atom. The molecule has 2 aromatic rings. The third kappa shape index (κ3) is 7.99. The number of pyridine rings is 1. The number of halogens is 1. The molecule has 1 fully saturated rings. The monoisotopic (exact) mass is 478 g/mol. The first kappa shape index (κ1) is 26.6. The molecule has 33 heavy (non-hydrogen) atoms. The molecule has 0 spiro atoms. The normalized spacial score (nSPS) is 21.0. The maximum Gasteiger partial charge on any atom is 0.235 e.